The number of aliphatic carboxylic acids is 1. The Balaban J connectivity index is 2.20. The van der Waals surface area contributed by atoms with E-state index in [-0.39, 0.29) is 12.0 Å². The van der Waals surface area contributed by atoms with Crippen LogP contribution >= 0.6 is 0 Å². The summed E-state index contributed by atoms with van der Waals surface area (Å²) in [5.41, 5.74) is -1.34. The Morgan fingerprint density at radius 3 is 2.50 bits per heavy atom. The van der Waals surface area contributed by atoms with Gasteiger partial charge in [0, 0.05) is 12.1 Å². The molecule has 2 rings (SSSR count). The molecule has 0 atom stereocenters. The molecule has 0 aromatic carbocycles. The maximum atomic E-state index is 12.1. The summed E-state index contributed by atoms with van der Waals surface area (Å²) in [6.07, 6.45) is 2.76. The van der Waals surface area contributed by atoms with Crippen LogP contribution in [0.25, 0.3) is 0 Å². The summed E-state index contributed by atoms with van der Waals surface area (Å²) in [7, 11) is 0. The Labute approximate surface area is 114 Å². The van der Waals surface area contributed by atoms with Gasteiger partial charge in [-0.2, -0.15) is 0 Å². The molecule has 1 aliphatic rings. The lowest BCUT2D eigenvalue weighted by Gasteiger charge is -2.28. The first-order chi connectivity index (χ1) is 9.40. The summed E-state index contributed by atoms with van der Waals surface area (Å²) in [6.45, 7) is 0. The molecule has 20 heavy (non-hydrogen) atoms. The average molecular weight is 280 g/mol. The van der Waals surface area contributed by atoms with Crippen molar-refractivity contribution in [2.75, 3.05) is 0 Å². The van der Waals surface area contributed by atoms with Crippen molar-refractivity contribution in [3.63, 3.8) is 0 Å². The number of H-pyrrole nitrogens is 1. The van der Waals surface area contributed by atoms with Crippen molar-refractivity contribution in [1.82, 2.24) is 10.3 Å². The van der Waals surface area contributed by atoms with Crippen molar-refractivity contribution in [2.24, 2.45) is 0 Å². The van der Waals surface area contributed by atoms with E-state index in [4.69, 9.17) is 5.11 Å². The quantitative estimate of drug-likeness (QED) is 0.643. The smallest absolute Gasteiger partial charge is 0.305 e. The summed E-state index contributed by atoms with van der Waals surface area (Å²) in [5.74, 6) is -1.92. The molecule has 1 fully saturated rings. The van der Waals surface area contributed by atoms with E-state index in [1.54, 1.807) is 0 Å². The lowest BCUT2D eigenvalue weighted by atomic mass is 9.92. The third-order valence-electron chi connectivity index (χ3n) is 3.52. The maximum Gasteiger partial charge on any atom is 0.305 e. The number of hydrogen-bond donors (Lipinski definition) is 4. The van der Waals surface area contributed by atoms with Crippen molar-refractivity contribution in [3.8, 4) is 5.88 Å². The van der Waals surface area contributed by atoms with Crippen LogP contribution in [0.4, 0.5) is 0 Å². The molecule has 1 aliphatic carbocycles. The normalized spacial score (nSPS) is 16.8. The zero-order valence-corrected chi connectivity index (χ0v) is 10.8. The van der Waals surface area contributed by atoms with Crippen LogP contribution in [-0.2, 0) is 4.79 Å². The first-order valence-electron chi connectivity index (χ1n) is 6.38. The molecule has 1 saturated carbocycles. The van der Waals surface area contributed by atoms with Crippen molar-refractivity contribution in [2.45, 2.75) is 37.6 Å². The van der Waals surface area contributed by atoms with Gasteiger partial charge in [-0.15, -0.1) is 0 Å². The number of aromatic nitrogens is 1. The minimum Gasteiger partial charge on any atom is -0.494 e. The second-order valence-electron chi connectivity index (χ2n) is 5.13. The van der Waals surface area contributed by atoms with Crippen LogP contribution in [0.2, 0.25) is 0 Å². The number of amides is 1. The number of carboxylic acids is 1. The molecule has 1 amide bonds. The number of hydrogen-bond acceptors (Lipinski definition) is 4. The summed E-state index contributed by atoms with van der Waals surface area (Å²) < 4.78 is 0. The number of rotatable bonds is 4. The standard InChI is InChI=1S/C13H16N2O5/c16-9-5-8(6-10(17)14-9)12(20)15-13(7-11(18)19)3-1-2-4-13/h5-6H,1-4,7H2,(H,15,20)(H,18,19)(H2,14,16,17). The highest BCUT2D eigenvalue weighted by Crippen LogP contribution is 2.32. The predicted molar refractivity (Wildman–Crippen MR) is 69.6 cm³/mol. The van der Waals surface area contributed by atoms with E-state index in [1.165, 1.54) is 0 Å². The first-order valence-corrected chi connectivity index (χ1v) is 6.38. The van der Waals surface area contributed by atoms with Gasteiger partial charge >= 0.3 is 5.97 Å². The van der Waals surface area contributed by atoms with Gasteiger partial charge in [0.15, 0.2) is 5.88 Å². The molecule has 7 heteroatoms. The Hall–Kier alpha value is -2.31. The molecule has 1 heterocycles. The number of aromatic hydroxyl groups is 1. The number of carbonyl (C=O) groups is 2. The number of carboxylic acid groups (broad SMARTS) is 1. The van der Waals surface area contributed by atoms with Gasteiger partial charge in [-0.05, 0) is 12.8 Å². The Morgan fingerprint density at radius 1 is 1.30 bits per heavy atom. The zero-order valence-electron chi connectivity index (χ0n) is 10.8. The molecule has 0 spiro atoms. The van der Waals surface area contributed by atoms with E-state index >= 15 is 0 Å². The highest BCUT2D eigenvalue weighted by molar-refractivity contribution is 5.95. The van der Waals surface area contributed by atoms with E-state index in [0.717, 1.165) is 25.0 Å². The highest BCUT2D eigenvalue weighted by atomic mass is 16.4. The number of nitrogens with one attached hydrogen (secondary N) is 2. The van der Waals surface area contributed by atoms with E-state index in [2.05, 4.69) is 10.3 Å². The molecule has 0 saturated heterocycles. The van der Waals surface area contributed by atoms with Crippen LogP contribution in [-0.4, -0.2) is 32.6 Å². The van der Waals surface area contributed by atoms with Gasteiger partial charge in [-0.3, -0.25) is 19.4 Å². The third-order valence-corrected chi connectivity index (χ3v) is 3.52. The number of carbonyl (C=O) groups excluding carboxylic acids is 1. The van der Waals surface area contributed by atoms with Crippen molar-refractivity contribution >= 4 is 11.9 Å². The molecule has 0 aliphatic heterocycles. The van der Waals surface area contributed by atoms with Gasteiger partial charge < -0.3 is 15.5 Å². The summed E-state index contributed by atoms with van der Waals surface area (Å²) in [6, 6.07) is 2.21. The fourth-order valence-corrected chi connectivity index (χ4v) is 2.66. The van der Waals surface area contributed by atoms with E-state index in [0.29, 0.717) is 12.8 Å². The minimum absolute atomic E-state index is 0.0166. The van der Waals surface area contributed by atoms with Crippen LogP contribution in [0, 0.1) is 0 Å². The summed E-state index contributed by atoms with van der Waals surface area (Å²) in [5, 5.41) is 21.0. The fraction of sp³-hybridized carbons (Fsp3) is 0.462. The molecule has 4 N–H and O–H groups in total. The molecular formula is C13H16N2O5. The molecule has 1 aromatic heterocycles. The van der Waals surface area contributed by atoms with E-state index < -0.39 is 28.9 Å². The Kier molecular flexibility index (Phi) is 3.78. The highest BCUT2D eigenvalue weighted by Gasteiger charge is 2.37. The molecular weight excluding hydrogens is 264 g/mol. The summed E-state index contributed by atoms with van der Waals surface area (Å²) >= 11 is 0. The van der Waals surface area contributed by atoms with Gasteiger partial charge in [0.25, 0.3) is 11.5 Å². The largest absolute Gasteiger partial charge is 0.494 e. The van der Waals surface area contributed by atoms with Gasteiger partial charge in [0.2, 0.25) is 0 Å². The Morgan fingerprint density at radius 2 is 1.95 bits per heavy atom. The molecule has 0 bridgehead atoms. The van der Waals surface area contributed by atoms with Crippen LogP contribution in [0.15, 0.2) is 16.9 Å². The van der Waals surface area contributed by atoms with Crippen LogP contribution < -0.4 is 10.9 Å². The summed E-state index contributed by atoms with van der Waals surface area (Å²) in [4.78, 5) is 36.4. The lowest BCUT2D eigenvalue weighted by molar-refractivity contribution is -0.138. The van der Waals surface area contributed by atoms with E-state index in [1.807, 2.05) is 0 Å². The molecule has 0 unspecified atom stereocenters. The molecule has 1 aromatic rings. The number of aromatic amines is 1. The maximum absolute atomic E-state index is 12.1. The lowest BCUT2D eigenvalue weighted by Crippen LogP contribution is -2.48. The topological polar surface area (TPSA) is 119 Å². The zero-order chi connectivity index (χ0) is 14.8. The van der Waals surface area contributed by atoms with Crippen molar-refractivity contribution < 1.29 is 19.8 Å². The first kappa shape index (κ1) is 14.1. The SMILES string of the molecule is O=C(O)CC1(NC(=O)c2cc(O)[nH]c(=O)c2)CCCC1. The second-order valence-corrected chi connectivity index (χ2v) is 5.13. The van der Waals surface area contributed by atoms with Gasteiger partial charge in [-0.1, -0.05) is 12.8 Å². The van der Waals surface area contributed by atoms with Crippen LogP contribution in [0.1, 0.15) is 42.5 Å². The van der Waals surface area contributed by atoms with Gasteiger partial charge in [0.1, 0.15) is 0 Å². The van der Waals surface area contributed by atoms with Crippen LogP contribution in [0.5, 0.6) is 5.88 Å². The van der Waals surface area contributed by atoms with E-state index in [9.17, 15) is 19.5 Å². The van der Waals surface area contributed by atoms with Crippen LogP contribution in [0.3, 0.4) is 0 Å². The predicted octanol–water partition coefficient (Wildman–Crippen LogP) is 0.598. The average Bonchev–Trinajstić information content (AvgIpc) is 2.74. The second kappa shape index (κ2) is 5.36. The molecule has 108 valence electrons. The Bertz CT molecular complexity index is 587. The molecule has 0 radical (unpaired) electrons. The van der Waals surface area contributed by atoms with Gasteiger partial charge in [0.05, 0.1) is 17.5 Å². The molecule has 7 nitrogen and oxygen atoms in total. The van der Waals surface area contributed by atoms with Gasteiger partial charge in [-0.25, -0.2) is 0 Å². The fourth-order valence-electron chi connectivity index (χ4n) is 2.66. The van der Waals surface area contributed by atoms with Crippen molar-refractivity contribution in [3.05, 3.63) is 28.0 Å². The van der Waals surface area contributed by atoms with Crippen molar-refractivity contribution in [1.29, 1.82) is 0 Å². The number of pyridine rings is 1. The minimum atomic E-state index is -0.971. The third kappa shape index (κ3) is 3.17. The monoisotopic (exact) mass is 280 g/mol.